The van der Waals surface area contributed by atoms with E-state index in [1.807, 2.05) is 24.3 Å². The lowest BCUT2D eigenvalue weighted by molar-refractivity contribution is 0.496. The average Bonchev–Trinajstić information content (AvgIpc) is 2.74. The van der Waals surface area contributed by atoms with Crippen molar-refractivity contribution in [3.8, 4) is 28.3 Å². The quantitative estimate of drug-likeness (QED) is 0.438. The van der Waals surface area contributed by atoms with Gasteiger partial charge in [-0.2, -0.15) is 5.26 Å². The molecule has 1 heteroatoms. The fraction of sp³-hybridized carbons (Fsp3) is 0.269. The maximum atomic E-state index is 8.91. The molecule has 0 bridgehead atoms. The monoisotopic (exact) mass is 353 g/mol. The van der Waals surface area contributed by atoms with E-state index in [0.29, 0.717) is 5.56 Å². The summed E-state index contributed by atoms with van der Waals surface area (Å²) in [6.07, 6.45) is 5.03. The molecule has 0 N–H and O–H groups in total. The maximum absolute atomic E-state index is 8.91. The van der Waals surface area contributed by atoms with Crippen molar-refractivity contribution in [3.63, 3.8) is 0 Å². The summed E-state index contributed by atoms with van der Waals surface area (Å²) in [5.74, 6) is 0.832. The summed E-state index contributed by atoms with van der Waals surface area (Å²) in [4.78, 5) is 0. The molecule has 0 fully saturated rings. The molecule has 0 saturated heterocycles. The molecule has 0 spiro atoms. The second-order valence-electron chi connectivity index (χ2n) is 7.37. The summed E-state index contributed by atoms with van der Waals surface area (Å²) in [7, 11) is 0. The van der Waals surface area contributed by atoms with Gasteiger partial charge >= 0.3 is 0 Å². The van der Waals surface area contributed by atoms with Crippen molar-refractivity contribution >= 4 is 0 Å². The number of rotatable bonds is 7. The van der Waals surface area contributed by atoms with Gasteiger partial charge in [0.1, 0.15) is 0 Å². The number of benzene rings is 3. The van der Waals surface area contributed by atoms with Crippen molar-refractivity contribution in [1.29, 1.82) is 5.26 Å². The first kappa shape index (κ1) is 18.9. The molecule has 3 aromatic carbocycles. The van der Waals surface area contributed by atoms with Gasteiger partial charge in [-0.25, -0.2) is 0 Å². The van der Waals surface area contributed by atoms with Crippen LogP contribution in [0.1, 0.15) is 44.2 Å². The lowest BCUT2D eigenvalue weighted by atomic mass is 9.97. The molecule has 0 aliphatic heterocycles. The zero-order valence-corrected chi connectivity index (χ0v) is 16.3. The van der Waals surface area contributed by atoms with Crippen molar-refractivity contribution < 1.29 is 0 Å². The Balaban J connectivity index is 1.65. The van der Waals surface area contributed by atoms with Crippen molar-refractivity contribution in [1.82, 2.24) is 0 Å². The minimum atomic E-state index is 0.694. The molecule has 0 aliphatic rings. The summed E-state index contributed by atoms with van der Waals surface area (Å²) >= 11 is 0. The number of nitriles is 1. The minimum Gasteiger partial charge on any atom is -0.192 e. The molecule has 0 aromatic heterocycles. The standard InChI is InChI=1S/C26H27N/c1-3-20(2)5-4-6-21-7-11-23(12-8-21)25-15-17-26(18-16-25)24-13-9-22(19-27)10-14-24/h7-18,20H,3-6H2,1-2H3. The molecule has 3 aromatic rings. The molecule has 0 amide bonds. The fourth-order valence-corrected chi connectivity index (χ4v) is 3.31. The highest BCUT2D eigenvalue weighted by atomic mass is 14.2. The Kier molecular flexibility index (Phi) is 6.44. The van der Waals surface area contributed by atoms with Gasteiger partial charge in [0.05, 0.1) is 11.6 Å². The highest BCUT2D eigenvalue weighted by Crippen LogP contribution is 2.26. The lowest BCUT2D eigenvalue weighted by Gasteiger charge is -2.09. The molecule has 3 rings (SSSR count). The van der Waals surface area contributed by atoms with Crippen LogP contribution in [0.3, 0.4) is 0 Å². The Hall–Kier alpha value is -2.85. The van der Waals surface area contributed by atoms with Crippen molar-refractivity contribution in [2.45, 2.75) is 39.5 Å². The molecule has 136 valence electrons. The molecule has 0 radical (unpaired) electrons. The van der Waals surface area contributed by atoms with E-state index in [9.17, 15) is 0 Å². The van der Waals surface area contributed by atoms with Crippen LogP contribution in [-0.4, -0.2) is 0 Å². The Labute approximate surface area is 163 Å². The van der Waals surface area contributed by atoms with Gasteiger partial charge < -0.3 is 0 Å². The van der Waals surface area contributed by atoms with Crippen LogP contribution in [0.2, 0.25) is 0 Å². The van der Waals surface area contributed by atoms with E-state index >= 15 is 0 Å². The van der Waals surface area contributed by atoms with Crippen LogP contribution in [-0.2, 0) is 6.42 Å². The van der Waals surface area contributed by atoms with E-state index in [1.165, 1.54) is 47.9 Å². The van der Waals surface area contributed by atoms with Gasteiger partial charge in [0.15, 0.2) is 0 Å². The van der Waals surface area contributed by atoms with Gasteiger partial charge in [-0.05, 0) is 58.7 Å². The summed E-state index contributed by atoms with van der Waals surface area (Å²) in [5, 5.41) is 8.91. The first-order valence-corrected chi connectivity index (χ1v) is 9.89. The van der Waals surface area contributed by atoms with Crippen LogP contribution in [0, 0.1) is 17.2 Å². The molecule has 0 aliphatic carbocycles. The maximum Gasteiger partial charge on any atom is 0.0991 e. The summed E-state index contributed by atoms with van der Waals surface area (Å²) < 4.78 is 0. The van der Waals surface area contributed by atoms with Gasteiger partial charge in [0.2, 0.25) is 0 Å². The summed E-state index contributed by atoms with van der Waals surface area (Å²) in [6.45, 7) is 4.61. The van der Waals surface area contributed by atoms with E-state index in [0.717, 1.165) is 11.5 Å². The van der Waals surface area contributed by atoms with E-state index in [1.54, 1.807) is 0 Å². The first-order valence-electron chi connectivity index (χ1n) is 9.89. The van der Waals surface area contributed by atoms with Crippen molar-refractivity contribution in [2.75, 3.05) is 0 Å². The Morgan fingerprint density at radius 1 is 0.741 bits per heavy atom. The largest absolute Gasteiger partial charge is 0.192 e. The lowest BCUT2D eigenvalue weighted by Crippen LogP contribution is -1.94. The molecular weight excluding hydrogens is 326 g/mol. The third kappa shape index (κ3) is 5.08. The SMILES string of the molecule is CCC(C)CCCc1ccc(-c2ccc(-c3ccc(C#N)cc3)cc2)cc1. The third-order valence-corrected chi connectivity index (χ3v) is 5.38. The molecule has 1 atom stereocenters. The van der Waals surface area contributed by atoms with Crippen molar-refractivity contribution in [2.24, 2.45) is 5.92 Å². The van der Waals surface area contributed by atoms with Crippen LogP contribution in [0.4, 0.5) is 0 Å². The van der Waals surface area contributed by atoms with Crippen LogP contribution in [0.25, 0.3) is 22.3 Å². The van der Waals surface area contributed by atoms with E-state index in [2.05, 4.69) is 68.4 Å². The predicted octanol–water partition coefficient (Wildman–Crippen LogP) is 7.26. The zero-order chi connectivity index (χ0) is 19.1. The molecule has 27 heavy (non-hydrogen) atoms. The number of nitrogens with zero attached hydrogens (tertiary/aromatic N) is 1. The number of aryl methyl sites for hydroxylation is 1. The third-order valence-electron chi connectivity index (χ3n) is 5.38. The van der Waals surface area contributed by atoms with Crippen LogP contribution in [0.5, 0.6) is 0 Å². The zero-order valence-electron chi connectivity index (χ0n) is 16.3. The Morgan fingerprint density at radius 3 is 1.63 bits per heavy atom. The van der Waals surface area contributed by atoms with Crippen molar-refractivity contribution in [3.05, 3.63) is 83.9 Å². The first-order chi connectivity index (χ1) is 13.2. The van der Waals surface area contributed by atoms with Gasteiger partial charge in [0, 0.05) is 0 Å². The topological polar surface area (TPSA) is 23.8 Å². The minimum absolute atomic E-state index is 0.694. The Morgan fingerprint density at radius 2 is 1.19 bits per heavy atom. The fourth-order valence-electron chi connectivity index (χ4n) is 3.31. The summed E-state index contributed by atoms with van der Waals surface area (Å²) in [6, 6.07) is 27.5. The van der Waals surface area contributed by atoms with Crippen LogP contribution >= 0.6 is 0 Å². The van der Waals surface area contributed by atoms with Crippen LogP contribution < -0.4 is 0 Å². The molecular formula is C26H27N. The van der Waals surface area contributed by atoms with Gasteiger partial charge in [-0.1, -0.05) is 87.4 Å². The molecule has 1 nitrogen and oxygen atoms in total. The van der Waals surface area contributed by atoms with Gasteiger partial charge in [0.25, 0.3) is 0 Å². The highest BCUT2D eigenvalue weighted by Gasteiger charge is 2.03. The number of hydrogen-bond donors (Lipinski definition) is 0. The second-order valence-corrected chi connectivity index (χ2v) is 7.37. The predicted molar refractivity (Wildman–Crippen MR) is 114 cm³/mol. The average molecular weight is 354 g/mol. The van der Waals surface area contributed by atoms with E-state index in [4.69, 9.17) is 5.26 Å². The van der Waals surface area contributed by atoms with E-state index < -0.39 is 0 Å². The van der Waals surface area contributed by atoms with E-state index in [-0.39, 0.29) is 0 Å². The normalized spacial score (nSPS) is 11.7. The summed E-state index contributed by atoms with van der Waals surface area (Å²) in [5.41, 5.74) is 6.92. The Bertz CT molecular complexity index is 881. The highest BCUT2D eigenvalue weighted by molar-refractivity contribution is 5.70. The molecule has 1 unspecified atom stereocenters. The van der Waals surface area contributed by atoms with Crippen LogP contribution in [0.15, 0.2) is 72.8 Å². The second kappa shape index (κ2) is 9.19. The van der Waals surface area contributed by atoms with Gasteiger partial charge in [-0.3, -0.25) is 0 Å². The number of hydrogen-bond acceptors (Lipinski definition) is 1. The smallest absolute Gasteiger partial charge is 0.0991 e. The van der Waals surface area contributed by atoms with Gasteiger partial charge in [-0.15, -0.1) is 0 Å². The molecule has 0 saturated carbocycles. The molecule has 0 heterocycles.